The normalized spacial score (nSPS) is 19.6. The van der Waals surface area contributed by atoms with Crippen LogP contribution in [0.4, 0.5) is 0 Å². The van der Waals surface area contributed by atoms with Crippen LogP contribution in [0.15, 0.2) is 30.3 Å². The minimum atomic E-state index is 0.467. The van der Waals surface area contributed by atoms with Gasteiger partial charge in [-0.1, -0.05) is 43.7 Å². The molecule has 2 rings (SSSR count). The second-order valence-electron chi connectivity index (χ2n) is 4.37. The summed E-state index contributed by atoms with van der Waals surface area (Å²) in [5, 5.41) is 0. The first-order valence-corrected chi connectivity index (χ1v) is 8.14. The van der Waals surface area contributed by atoms with Crippen molar-refractivity contribution < 1.29 is 0 Å². The first-order chi connectivity index (χ1) is 7.85. The molecule has 0 unspecified atom stereocenters. The summed E-state index contributed by atoms with van der Waals surface area (Å²) in [5.74, 6) is 2.69. The summed E-state index contributed by atoms with van der Waals surface area (Å²) < 4.78 is 0.467. The van der Waals surface area contributed by atoms with Crippen LogP contribution in [0.3, 0.4) is 0 Å². The lowest BCUT2D eigenvalue weighted by Crippen LogP contribution is -2.27. The predicted octanol–water partition coefficient (Wildman–Crippen LogP) is 4.60. The van der Waals surface area contributed by atoms with Gasteiger partial charge < -0.3 is 0 Å². The maximum absolute atomic E-state index is 2.31. The van der Waals surface area contributed by atoms with E-state index >= 15 is 0 Å². The summed E-state index contributed by atoms with van der Waals surface area (Å²) in [7, 11) is 0. The van der Waals surface area contributed by atoms with E-state index in [1.165, 1.54) is 42.8 Å². The molecule has 0 atom stereocenters. The largest absolute Gasteiger partial charge is 0.144 e. The van der Waals surface area contributed by atoms with E-state index in [4.69, 9.17) is 0 Å². The Morgan fingerprint density at radius 2 is 1.81 bits per heavy atom. The SMILES string of the molecule is CCCC1(Cc2ccccc2)SCCCS1. The van der Waals surface area contributed by atoms with Gasteiger partial charge in [-0.2, -0.15) is 0 Å². The van der Waals surface area contributed by atoms with Crippen molar-refractivity contribution >= 4 is 23.5 Å². The number of rotatable bonds is 4. The van der Waals surface area contributed by atoms with Gasteiger partial charge in [0.1, 0.15) is 0 Å². The zero-order valence-corrected chi connectivity index (χ0v) is 11.6. The standard InChI is InChI=1S/C14H20S2/c1-2-9-14(15-10-6-11-16-14)12-13-7-4-3-5-8-13/h3-5,7-8H,2,6,9-12H2,1H3. The lowest BCUT2D eigenvalue weighted by atomic mass is 10.1. The predicted molar refractivity (Wildman–Crippen MR) is 77.3 cm³/mol. The Labute approximate surface area is 108 Å². The molecule has 0 radical (unpaired) electrons. The number of benzene rings is 1. The summed E-state index contributed by atoms with van der Waals surface area (Å²) in [5.41, 5.74) is 1.50. The van der Waals surface area contributed by atoms with Gasteiger partial charge in [0.25, 0.3) is 0 Å². The molecule has 1 heterocycles. The topological polar surface area (TPSA) is 0 Å². The van der Waals surface area contributed by atoms with Gasteiger partial charge in [0.15, 0.2) is 0 Å². The molecule has 2 heteroatoms. The van der Waals surface area contributed by atoms with Crippen LogP contribution >= 0.6 is 23.5 Å². The van der Waals surface area contributed by atoms with Crippen LogP contribution < -0.4 is 0 Å². The van der Waals surface area contributed by atoms with Crippen LogP contribution in [-0.2, 0) is 6.42 Å². The number of hydrogen-bond acceptors (Lipinski definition) is 2. The molecular formula is C14H20S2. The second kappa shape index (κ2) is 6.02. The molecule has 0 spiro atoms. The van der Waals surface area contributed by atoms with Crippen LogP contribution in [0.25, 0.3) is 0 Å². The second-order valence-corrected chi connectivity index (χ2v) is 7.59. The van der Waals surface area contributed by atoms with Gasteiger partial charge in [0.2, 0.25) is 0 Å². The zero-order chi connectivity index (χ0) is 11.3. The van der Waals surface area contributed by atoms with E-state index < -0.39 is 0 Å². The van der Waals surface area contributed by atoms with E-state index in [1.807, 2.05) is 0 Å². The minimum absolute atomic E-state index is 0.467. The van der Waals surface area contributed by atoms with Gasteiger partial charge in [-0.15, -0.1) is 23.5 Å². The summed E-state index contributed by atoms with van der Waals surface area (Å²) >= 11 is 4.39. The monoisotopic (exact) mass is 252 g/mol. The molecule has 0 aliphatic carbocycles. The van der Waals surface area contributed by atoms with Crippen molar-refractivity contribution in [2.45, 2.75) is 36.7 Å². The first kappa shape index (κ1) is 12.4. The lowest BCUT2D eigenvalue weighted by molar-refractivity contribution is 0.686. The Bertz CT molecular complexity index is 296. The highest BCUT2D eigenvalue weighted by atomic mass is 32.2. The molecule has 0 bridgehead atoms. The van der Waals surface area contributed by atoms with Gasteiger partial charge in [0, 0.05) is 0 Å². The van der Waals surface area contributed by atoms with E-state index in [2.05, 4.69) is 60.8 Å². The van der Waals surface area contributed by atoms with E-state index in [-0.39, 0.29) is 0 Å². The highest BCUT2D eigenvalue weighted by molar-refractivity contribution is 8.18. The van der Waals surface area contributed by atoms with Gasteiger partial charge >= 0.3 is 0 Å². The van der Waals surface area contributed by atoms with Crippen molar-refractivity contribution in [2.75, 3.05) is 11.5 Å². The third-order valence-electron chi connectivity index (χ3n) is 2.97. The van der Waals surface area contributed by atoms with Gasteiger partial charge in [-0.05, 0) is 36.3 Å². The smallest absolute Gasteiger partial charge is 0.0651 e. The van der Waals surface area contributed by atoms with Crippen molar-refractivity contribution in [1.29, 1.82) is 0 Å². The maximum Gasteiger partial charge on any atom is 0.0651 e. The molecule has 1 aromatic rings. The van der Waals surface area contributed by atoms with E-state index in [0.717, 1.165) is 0 Å². The Kier molecular flexibility index (Phi) is 4.66. The molecule has 0 nitrogen and oxygen atoms in total. The fraction of sp³-hybridized carbons (Fsp3) is 0.571. The van der Waals surface area contributed by atoms with Crippen molar-refractivity contribution in [2.24, 2.45) is 0 Å². The van der Waals surface area contributed by atoms with Gasteiger partial charge in [-0.3, -0.25) is 0 Å². The van der Waals surface area contributed by atoms with E-state index in [9.17, 15) is 0 Å². The molecule has 1 saturated heterocycles. The summed E-state index contributed by atoms with van der Waals surface area (Å²) in [6, 6.07) is 11.0. The summed E-state index contributed by atoms with van der Waals surface area (Å²) in [6.07, 6.45) is 5.26. The van der Waals surface area contributed by atoms with Crippen molar-refractivity contribution in [3.63, 3.8) is 0 Å². The van der Waals surface area contributed by atoms with Crippen molar-refractivity contribution in [1.82, 2.24) is 0 Å². The summed E-state index contributed by atoms with van der Waals surface area (Å²) in [6.45, 7) is 2.31. The molecular weight excluding hydrogens is 232 g/mol. The quantitative estimate of drug-likeness (QED) is 0.768. The lowest BCUT2D eigenvalue weighted by Gasteiger charge is -2.36. The van der Waals surface area contributed by atoms with Crippen LogP contribution in [-0.4, -0.2) is 15.6 Å². The average molecular weight is 252 g/mol. The minimum Gasteiger partial charge on any atom is -0.144 e. The number of hydrogen-bond donors (Lipinski definition) is 0. The molecule has 1 aliphatic rings. The molecule has 0 amide bonds. The first-order valence-electron chi connectivity index (χ1n) is 6.16. The molecule has 88 valence electrons. The van der Waals surface area contributed by atoms with Gasteiger partial charge in [-0.25, -0.2) is 0 Å². The average Bonchev–Trinajstić information content (AvgIpc) is 2.31. The fourth-order valence-corrected chi connectivity index (χ4v) is 5.81. The third-order valence-corrected chi connectivity index (χ3v) is 6.41. The van der Waals surface area contributed by atoms with Crippen LogP contribution in [0.2, 0.25) is 0 Å². The Morgan fingerprint density at radius 3 is 2.44 bits per heavy atom. The molecule has 16 heavy (non-hydrogen) atoms. The highest BCUT2D eigenvalue weighted by Crippen LogP contribution is 2.47. The Hall–Kier alpha value is -0.0800. The molecule has 1 fully saturated rings. The number of thioether (sulfide) groups is 2. The Balaban J connectivity index is 2.07. The van der Waals surface area contributed by atoms with Crippen LogP contribution in [0, 0.1) is 0 Å². The van der Waals surface area contributed by atoms with E-state index in [0.29, 0.717) is 4.08 Å². The molecule has 1 aliphatic heterocycles. The van der Waals surface area contributed by atoms with Crippen LogP contribution in [0.5, 0.6) is 0 Å². The zero-order valence-electron chi connectivity index (χ0n) is 9.95. The fourth-order valence-electron chi connectivity index (χ4n) is 2.24. The maximum atomic E-state index is 2.31. The van der Waals surface area contributed by atoms with E-state index in [1.54, 1.807) is 0 Å². The molecule has 0 aromatic heterocycles. The highest BCUT2D eigenvalue weighted by Gasteiger charge is 2.32. The van der Waals surface area contributed by atoms with Crippen molar-refractivity contribution in [3.05, 3.63) is 35.9 Å². The molecule has 0 N–H and O–H groups in total. The summed E-state index contributed by atoms with van der Waals surface area (Å²) in [4.78, 5) is 0. The van der Waals surface area contributed by atoms with Crippen molar-refractivity contribution in [3.8, 4) is 0 Å². The third kappa shape index (κ3) is 3.21. The Morgan fingerprint density at radius 1 is 1.12 bits per heavy atom. The van der Waals surface area contributed by atoms with Crippen LogP contribution in [0.1, 0.15) is 31.7 Å². The van der Waals surface area contributed by atoms with Gasteiger partial charge in [0.05, 0.1) is 4.08 Å². The molecule has 0 saturated carbocycles. The molecule has 1 aromatic carbocycles.